The number of rotatable bonds is 8. The summed E-state index contributed by atoms with van der Waals surface area (Å²) in [4.78, 5) is 9.10. The number of nitrogens with zero attached hydrogens (tertiary/aromatic N) is 2. The molecular weight excluding hydrogens is 350 g/mol. The topological polar surface area (TPSA) is 59.1 Å². The van der Waals surface area contributed by atoms with Crippen LogP contribution in [0.2, 0.25) is 0 Å². The number of halogens is 2. The van der Waals surface area contributed by atoms with Crippen LogP contribution in [0.1, 0.15) is 13.3 Å². The van der Waals surface area contributed by atoms with Gasteiger partial charge in [-0.2, -0.15) is 8.78 Å². The molecule has 0 saturated heterocycles. The minimum Gasteiger partial charge on any atom is -0.433 e. The molecule has 0 amide bonds. The van der Waals surface area contributed by atoms with Crippen molar-refractivity contribution in [1.82, 2.24) is 15.3 Å². The van der Waals surface area contributed by atoms with Crippen molar-refractivity contribution in [2.24, 2.45) is 0 Å². The maximum Gasteiger partial charge on any atom is 0.394 e. The van der Waals surface area contributed by atoms with Gasteiger partial charge in [-0.3, -0.25) is 4.98 Å². The van der Waals surface area contributed by atoms with E-state index in [9.17, 15) is 8.78 Å². The molecule has 0 spiro atoms. The molecule has 0 bridgehead atoms. The van der Waals surface area contributed by atoms with E-state index in [4.69, 9.17) is 4.98 Å². The molecule has 2 aromatic heterocycles. The lowest BCUT2D eigenvalue weighted by atomic mass is 10.1. The smallest absolute Gasteiger partial charge is 0.394 e. The molecule has 0 unspecified atom stereocenters. The molecule has 2 heterocycles. The first-order valence-corrected chi connectivity index (χ1v) is 8.78. The minimum absolute atomic E-state index is 0.0893. The number of fused-ring (bicyclic) bond motifs is 1. The predicted molar refractivity (Wildman–Crippen MR) is 103 cm³/mol. The Morgan fingerprint density at radius 3 is 2.74 bits per heavy atom. The maximum absolute atomic E-state index is 13.2. The van der Waals surface area contributed by atoms with Gasteiger partial charge < -0.3 is 15.4 Å². The van der Waals surface area contributed by atoms with Gasteiger partial charge in [-0.15, -0.1) is 0 Å². The number of aromatic nitrogens is 2. The molecule has 142 valence electrons. The summed E-state index contributed by atoms with van der Waals surface area (Å²) in [5.41, 5.74) is 2.11. The van der Waals surface area contributed by atoms with Crippen LogP contribution in [-0.2, 0) is 0 Å². The number of anilines is 1. The van der Waals surface area contributed by atoms with Gasteiger partial charge in [0.2, 0.25) is 0 Å². The number of alkyl halides is 2. The van der Waals surface area contributed by atoms with Crippen molar-refractivity contribution in [2.75, 3.05) is 25.5 Å². The first-order valence-electron chi connectivity index (χ1n) is 8.78. The van der Waals surface area contributed by atoms with Crippen LogP contribution in [0.5, 0.6) is 5.75 Å². The highest BCUT2D eigenvalue weighted by Crippen LogP contribution is 2.30. The lowest BCUT2D eigenvalue weighted by molar-refractivity contribution is -0.158. The quantitative estimate of drug-likeness (QED) is 0.577. The third-order valence-corrected chi connectivity index (χ3v) is 3.92. The molecule has 7 heteroatoms. The van der Waals surface area contributed by atoms with Gasteiger partial charge in [0.1, 0.15) is 11.6 Å². The summed E-state index contributed by atoms with van der Waals surface area (Å²) in [7, 11) is 1.91. The first kappa shape index (κ1) is 19.0. The standard InChI is InChI=1S/C20H22F2N4O/c1-20(21,22)27-15-7-3-6-14(12-15)17-13-18-16(8-4-10-24-18)19(26-17)25-11-5-9-23-2/h3-4,6-8,10,12-13,23H,5,9,11H2,1-2H3,(H,25,26). The van der Waals surface area contributed by atoms with Crippen LogP contribution in [0.25, 0.3) is 22.2 Å². The van der Waals surface area contributed by atoms with E-state index in [0.717, 1.165) is 36.2 Å². The summed E-state index contributed by atoms with van der Waals surface area (Å²) in [5.74, 6) is 0.810. The monoisotopic (exact) mass is 372 g/mol. The van der Waals surface area contributed by atoms with Gasteiger partial charge in [-0.1, -0.05) is 12.1 Å². The SMILES string of the molecule is CNCCCNc1nc(-c2cccc(OC(C)(F)F)c2)cc2ncccc12. The van der Waals surface area contributed by atoms with Crippen molar-refractivity contribution in [3.63, 3.8) is 0 Å². The molecule has 3 rings (SSSR count). The Bertz CT molecular complexity index is 912. The van der Waals surface area contributed by atoms with Crippen LogP contribution in [0.3, 0.4) is 0 Å². The molecule has 0 fully saturated rings. The van der Waals surface area contributed by atoms with Crippen molar-refractivity contribution < 1.29 is 13.5 Å². The van der Waals surface area contributed by atoms with E-state index in [1.807, 2.05) is 31.3 Å². The van der Waals surface area contributed by atoms with Gasteiger partial charge in [-0.05, 0) is 50.3 Å². The number of ether oxygens (including phenoxy) is 1. The largest absolute Gasteiger partial charge is 0.433 e. The molecule has 0 aliphatic carbocycles. The summed E-state index contributed by atoms with van der Waals surface area (Å²) in [6, 6.07) is 12.2. The molecule has 0 aliphatic heterocycles. The predicted octanol–water partition coefficient (Wildman–Crippen LogP) is 4.31. The molecule has 27 heavy (non-hydrogen) atoms. The van der Waals surface area contributed by atoms with Crippen LogP contribution in [0, 0.1) is 0 Å². The van der Waals surface area contributed by atoms with Crippen LogP contribution in [0.4, 0.5) is 14.6 Å². The lowest BCUT2D eigenvalue weighted by Crippen LogP contribution is -2.19. The first-order chi connectivity index (χ1) is 13.0. The van der Waals surface area contributed by atoms with E-state index < -0.39 is 6.11 Å². The highest BCUT2D eigenvalue weighted by atomic mass is 19.3. The number of benzene rings is 1. The zero-order valence-electron chi connectivity index (χ0n) is 15.3. The van der Waals surface area contributed by atoms with Gasteiger partial charge in [-0.25, -0.2) is 4.98 Å². The van der Waals surface area contributed by atoms with Crippen molar-refractivity contribution in [3.05, 3.63) is 48.7 Å². The van der Waals surface area contributed by atoms with Crippen LogP contribution < -0.4 is 15.4 Å². The van der Waals surface area contributed by atoms with E-state index in [1.165, 1.54) is 6.07 Å². The van der Waals surface area contributed by atoms with E-state index in [1.54, 1.807) is 18.3 Å². The van der Waals surface area contributed by atoms with E-state index >= 15 is 0 Å². The van der Waals surface area contributed by atoms with Gasteiger partial charge in [0.05, 0.1) is 11.2 Å². The van der Waals surface area contributed by atoms with Crippen molar-refractivity contribution in [3.8, 4) is 17.0 Å². The molecule has 5 nitrogen and oxygen atoms in total. The Balaban J connectivity index is 1.96. The fourth-order valence-corrected chi connectivity index (χ4v) is 2.76. The van der Waals surface area contributed by atoms with Crippen LogP contribution >= 0.6 is 0 Å². The average Bonchev–Trinajstić information content (AvgIpc) is 2.64. The highest BCUT2D eigenvalue weighted by molar-refractivity contribution is 5.92. The summed E-state index contributed by atoms with van der Waals surface area (Å²) in [6.07, 6.45) is -0.579. The lowest BCUT2D eigenvalue weighted by Gasteiger charge is -2.14. The number of nitrogens with one attached hydrogen (secondary N) is 2. The zero-order chi connectivity index (χ0) is 19.3. The molecule has 0 atom stereocenters. The number of hydrogen-bond acceptors (Lipinski definition) is 5. The van der Waals surface area contributed by atoms with Crippen LogP contribution in [0.15, 0.2) is 48.7 Å². The molecule has 0 radical (unpaired) electrons. The third kappa shape index (κ3) is 5.10. The molecular formula is C20H22F2N4O. The second-order valence-corrected chi connectivity index (χ2v) is 6.25. The van der Waals surface area contributed by atoms with E-state index in [0.29, 0.717) is 18.2 Å². The average molecular weight is 372 g/mol. The van der Waals surface area contributed by atoms with Gasteiger partial charge >= 0.3 is 6.11 Å². The van der Waals surface area contributed by atoms with Crippen molar-refractivity contribution in [2.45, 2.75) is 19.5 Å². The third-order valence-electron chi connectivity index (χ3n) is 3.92. The van der Waals surface area contributed by atoms with Crippen molar-refractivity contribution >= 4 is 16.7 Å². The Hall–Kier alpha value is -2.80. The van der Waals surface area contributed by atoms with Gasteiger partial charge in [0, 0.05) is 30.6 Å². The van der Waals surface area contributed by atoms with Gasteiger partial charge in [0.15, 0.2) is 0 Å². The minimum atomic E-state index is -3.24. The normalized spacial score (nSPS) is 11.6. The van der Waals surface area contributed by atoms with Crippen LogP contribution in [-0.4, -0.2) is 36.2 Å². The summed E-state index contributed by atoms with van der Waals surface area (Å²) in [5, 5.41) is 7.36. The Morgan fingerprint density at radius 1 is 1.11 bits per heavy atom. The summed E-state index contributed by atoms with van der Waals surface area (Å²) >= 11 is 0. The molecule has 0 aliphatic rings. The summed E-state index contributed by atoms with van der Waals surface area (Å²) in [6.45, 7) is 2.37. The number of pyridine rings is 2. The maximum atomic E-state index is 13.2. The van der Waals surface area contributed by atoms with Crippen molar-refractivity contribution in [1.29, 1.82) is 0 Å². The van der Waals surface area contributed by atoms with Gasteiger partial charge in [0.25, 0.3) is 0 Å². The second-order valence-electron chi connectivity index (χ2n) is 6.25. The zero-order valence-corrected chi connectivity index (χ0v) is 15.3. The molecule has 0 saturated carbocycles. The molecule has 3 aromatic rings. The Morgan fingerprint density at radius 2 is 1.96 bits per heavy atom. The highest BCUT2D eigenvalue weighted by Gasteiger charge is 2.23. The van der Waals surface area contributed by atoms with E-state index in [-0.39, 0.29) is 5.75 Å². The fraction of sp³-hybridized carbons (Fsp3) is 0.300. The fourth-order valence-electron chi connectivity index (χ4n) is 2.76. The van der Waals surface area contributed by atoms with E-state index in [2.05, 4.69) is 20.4 Å². The number of hydrogen-bond donors (Lipinski definition) is 2. The molecule has 2 N–H and O–H groups in total. The Kier molecular flexibility index (Phi) is 5.81. The second kappa shape index (κ2) is 8.26. The summed E-state index contributed by atoms with van der Waals surface area (Å²) < 4.78 is 31.0. The Labute approximate surface area is 156 Å². The molecule has 1 aromatic carbocycles.